The first-order valence-electron chi connectivity index (χ1n) is 15.8. The minimum absolute atomic E-state index is 0.0343. The van der Waals surface area contributed by atoms with Crippen molar-refractivity contribution in [3.05, 3.63) is 106 Å². The van der Waals surface area contributed by atoms with Crippen molar-refractivity contribution in [1.29, 1.82) is 0 Å². The number of methoxy groups -OCH3 is 1. The Balaban J connectivity index is 1.28. The van der Waals surface area contributed by atoms with Crippen LogP contribution in [0, 0.1) is 11.7 Å². The zero-order valence-corrected chi connectivity index (χ0v) is 28.0. The summed E-state index contributed by atoms with van der Waals surface area (Å²) >= 11 is 2.24. The molecule has 7 rings (SSSR count). The average molecular weight is 735 g/mol. The Kier molecular flexibility index (Phi) is 8.25. The SMILES string of the molecule is COc1c(N2C[C@@H]3CCCN(C(C)=O)[C@@H]3C2)c(F)cc2c(=O)c(/C=N/OC(I)(c3ccccc3)c3ccccc3)cn(C3CC3)c12. The van der Waals surface area contributed by atoms with Crippen molar-refractivity contribution in [2.75, 3.05) is 31.6 Å². The summed E-state index contributed by atoms with van der Waals surface area (Å²) in [5.41, 5.74) is 2.70. The van der Waals surface area contributed by atoms with E-state index in [9.17, 15) is 9.59 Å². The van der Waals surface area contributed by atoms with Gasteiger partial charge in [-0.3, -0.25) is 9.59 Å². The molecule has 3 fully saturated rings. The molecular weight excluding hydrogens is 698 g/mol. The molecule has 3 heterocycles. The van der Waals surface area contributed by atoms with Gasteiger partial charge in [0.2, 0.25) is 9.51 Å². The number of likely N-dealkylation sites (tertiary alicyclic amines) is 1. The number of hydrogen-bond acceptors (Lipinski definition) is 6. The molecule has 1 aliphatic carbocycles. The zero-order valence-electron chi connectivity index (χ0n) is 25.9. The van der Waals surface area contributed by atoms with Gasteiger partial charge >= 0.3 is 0 Å². The summed E-state index contributed by atoms with van der Waals surface area (Å²) < 4.78 is 23.2. The van der Waals surface area contributed by atoms with E-state index in [1.165, 1.54) is 19.4 Å². The maximum atomic E-state index is 16.2. The quantitative estimate of drug-likeness (QED) is 0.0882. The number of ether oxygens (including phenoxy) is 1. The molecule has 0 spiro atoms. The number of alkyl halides is 1. The number of piperidine rings is 1. The Hall–Kier alpha value is -3.93. The molecule has 46 heavy (non-hydrogen) atoms. The fourth-order valence-electron chi connectivity index (χ4n) is 7.17. The van der Waals surface area contributed by atoms with E-state index in [0.29, 0.717) is 35.6 Å². The van der Waals surface area contributed by atoms with E-state index in [4.69, 9.17) is 9.57 Å². The molecule has 4 aromatic rings. The lowest BCUT2D eigenvalue weighted by atomic mass is 9.92. The number of fused-ring (bicyclic) bond motifs is 2. The number of anilines is 1. The fourth-order valence-corrected chi connectivity index (χ4v) is 8.00. The van der Waals surface area contributed by atoms with Gasteiger partial charge in [0.05, 0.1) is 35.8 Å². The molecule has 238 valence electrons. The van der Waals surface area contributed by atoms with Crippen LogP contribution in [0.4, 0.5) is 10.1 Å². The number of carbonyl (C=O) groups excluding carboxylic acids is 1. The number of carbonyl (C=O) groups is 1. The predicted molar refractivity (Wildman–Crippen MR) is 185 cm³/mol. The second kappa shape index (κ2) is 12.4. The van der Waals surface area contributed by atoms with Crippen LogP contribution in [0.25, 0.3) is 10.9 Å². The van der Waals surface area contributed by atoms with Crippen molar-refractivity contribution in [1.82, 2.24) is 9.47 Å². The van der Waals surface area contributed by atoms with Gasteiger partial charge in [0.25, 0.3) is 0 Å². The number of hydrogen-bond donors (Lipinski definition) is 0. The standard InChI is InChI=1S/C36H36FIN4O4/c1-23(43)41-17-9-10-24-20-40(22-31(24)41)33-30(37)18-29-32(35(33)45-2)42(28-15-16-28)21-25(34(29)44)19-39-46-36(38,26-11-5-3-6-12-26)27-13-7-4-8-14-27/h3-8,11-14,18-19,21,24,28,31H,9-10,15-17,20,22H2,1-2H3/b39-19+/t24-,31+/m0/s1. The van der Waals surface area contributed by atoms with Gasteiger partial charge in [0.15, 0.2) is 17.0 Å². The van der Waals surface area contributed by atoms with E-state index >= 15 is 4.39 Å². The number of benzene rings is 3. The van der Waals surface area contributed by atoms with Gasteiger partial charge in [-0.15, -0.1) is 0 Å². The minimum Gasteiger partial charge on any atom is -0.492 e. The van der Waals surface area contributed by atoms with E-state index in [1.54, 1.807) is 13.1 Å². The molecule has 1 amide bonds. The van der Waals surface area contributed by atoms with Gasteiger partial charge in [0, 0.05) is 49.9 Å². The molecule has 3 aromatic carbocycles. The molecule has 1 aromatic heterocycles. The van der Waals surface area contributed by atoms with Gasteiger partial charge in [-0.25, -0.2) is 4.39 Å². The van der Waals surface area contributed by atoms with Gasteiger partial charge < -0.3 is 23.9 Å². The molecule has 3 aliphatic rings. The molecule has 0 N–H and O–H groups in total. The highest BCUT2D eigenvalue weighted by Crippen LogP contribution is 2.46. The first-order chi connectivity index (χ1) is 22.3. The first kappa shape index (κ1) is 30.7. The molecule has 0 bridgehead atoms. The van der Waals surface area contributed by atoms with Crippen LogP contribution in [-0.4, -0.2) is 54.4 Å². The van der Waals surface area contributed by atoms with Crippen molar-refractivity contribution in [3.8, 4) is 5.75 Å². The Morgan fingerprint density at radius 1 is 1.04 bits per heavy atom. The highest BCUT2D eigenvalue weighted by atomic mass is 127. The fraction of sp³-hybridized carbons (Fsp3) is 0.361. The van der Waals surface area contributed by atoms with E-state index in [0.717, 1.165) is 43.4 Å². The van der Waals surface area contributed by atoms with Crippen LogP contribution >= 0.6 is 22.6 Å². The third-order valence-electron chi connectivity index (χ3n) is 9.53. The van der Waals surface area contributed by atoms with Gasteiger partial charge in [-0.1, -0.05) is 65.8 Å². The summed E-state index contributed by atoms with van der Waals surface area (Å²) in [6, 6.07) is 21.1. The Morgan fingerprint density at radius 3 is 2.33 bits per heavy atom. The summed E-state index contributed by atoms with van der Waals surface area (Å²) in [6.45, 7) is 3.49. The highest BCUT2D eigenvalue weighted by Gasteiger charge is 2.42. The van der Waals surface area contributed by atoms with Crippen LogP contribution in [-0.2, 0) is 13.2 Å². The van der Waals surface area contributed by atoms with Crippen molar-refractivity contribution in [2.45, 2.75) is 48.3 Å². The van der Waals surface area contributed by atoms with E-state index in [1.807, 2.05) is 75.0 Å². The Bertz CT molecular complexity index is 1820. The predicted octanol–water partition coefficient (Wildman–Crippen LogP) is 6.62. The summed E-state index contributed by atoms with van der Waals surface area (Å²) in [7, 11) is 1.53. The normalized spacial score (nSPS) is 19.9. The maximum absolute atomic E-state index is 16.2. The van der Waals surface area contributed by atoms with Crippen LogP contribution in [0.5, 0.6) is 5.75 Å². The zero-order chi connectivity index (χ0) is 32.0. The summed E-state index contributed by atoms with van der Waals surface area (Å²) in [5.74, 6) is 0.154. The van der Waals surface area contributed by atoms with E-state index < -0.39 is 9.43 Å². The van der Waals surface area contributed by atoms with Crippen LogP contribution in [0.2, 0.25) is 0 Å². The molecule has 0 unspecified atom stereocenters. The third kappa shape index (κ3) is 5.44. The van der Waals surface area contributed by atoms with Crippen molar-refractivity contribution < 1.29 is 18.8 Å². The Labute approximate surface area is 280 Å². The van der Waals surface area contributed by atoms with Gasteiger partial charge in [0.1, 0.15) is 5.69 Å². The topological polar surface area (TPSA) is 76.4 Å². The Morgan fingerprint density at radius 2 is 1.72 bits per heavy atom. The molecule has 2 aliphatic heterocycles. The number of nitrogens with zero attached hydrogens (tertiary/aromatic N) is 4. The lowest BCUT2D eigenvalue weighted by Crippen LogP contribution is -2.47. The molecule has 10 heteroatoms. The van der Waals surface area contributed by atoms with E-state index in [2.05, 4.69) is 27.7 Å². The lowest BCUT2D eigenvalue weighted by molar-refractivity contribution is -0.132. The third-order valence-corrected chi connectivity index (χ3v) is 11.0. The summed E-state index contributed by atoms with van der Waals surface area (Å²) in [4.78, 5) is 36.4. The molecule has 8 nitrogen and oxygen atoms in total. The van der Waals surface area contributed by atoms with E-state index in [-0.39, 0.29) is 34.7 Å². The average Bonchev–Trinajstić information content (AvgIpc) is 3.83. The molecule has 0 radical (unpaired) electrons. The summed E-state index contributed by atoms with van der Waals surface area (Å²) in [5, 5.41) is 4.59. The number of aromatic nitrogens is 1. The highest BCUT2D eigenvalue weighted by molar-refractivity contribution is 14.1. The number of amides is 1. The second-order valence-electron chi connectivity index (χ2n) is 12.4. The number of halogens is 2. The molecule has 1 saturated carbocycles. The van der Waals surface area contributed by atoms with Crippen LogP contribution in [0.1, 0.15) is 55.3 Å². The maximum Gasteiger partial charge on any atom is 0.237 e. The minimum atomic E-state index is -0.932. The second-order valence-corrected chi connectivity index (χ2v) is 13.9. The first-order valence-corrected chi connectivity index (χ1v) is 16.9. The van der Waals surface area contributed by atoms with Crippen LogP contribution in [0.3, 0.4) is 0 Å². The molecule has 2 atom stereocenters. The number of rotatable bonds is 8. The summed E-state index contributed by atoms with van der Waals surface area (Å²) in [6.07, 6.45) is 7.05. The van der Waals surface area contributed by atoms with Crippen LogP contribution < -0.4 is 15.1 Å². The number of pyridine rings is 1. The monoisotopic (exact) mass is 734 g/mol. The largest absolute Gasteiger partial charge is 0.492 e. The van der Waals surface area contributed by atoms with Gasteiger partial charge in [-0.05, 0) is 60.3 Å². The number of oxime groups is 1. The van der Waals surface area contributed by atoms with Gasteiger partial charge in [-0.2, -0.15) is 0 Å². The molecular formula is C36H36FIN4O4. The molecule has 2 saturated heterocycles. The van der Waals surface area contributed by atoms with Crippen molar-refractivity contribution in [2.24, 2.45) is 11.1 Å². The van der Waals surface area contributed by atoms with Crippen molar-refractivity contribution in [3.63, 3.8) is 0 Å². The van der Waals surface area contributed by atoms with Crippen molar-refractivity contribution >= 4 is 51.3 Å². The van der Waals surface area contributed by atoms with Crippen LogP contribution in [0.15, 0.2) is 82.9 Å². The lowest BCUT2D eigenvalue weighted by Gasteiger charge is -2.36. The smallest absolute Gasteiger partial charge is 0.237 e.